The maximum atomic E-state index is 13.6. The van der Waals surface area contributed by atoms with Gasteiger partial charge >= 0.3 is 0 Å². The van der Waals surface area contributed by atoms with Crippen LogP contribution in [0.15, 0.2) is 34.8 Å². The van der Waals surface area contributed by atoms with E-state index in [-0.39, 0.29) is 15.7 Å². The van der Waals surface area contributed by atoms with Crippen molar-refractivity contribution in [2.45, 2.75) is 0 Å². The number of halogens is 3. The van der Waals surface area contributed by atoms with Gasteiger partial charge in [-0.05, 0) is 34.1 Å². The molecule has 2 aromatic rings. The third-order valence-electron chi connectivity index (χ3n) is 2.68. The molecule has 4 nitrogen and oxygen atoms in total. The van der Waals surface area contributed by atoms with E-state index >= 15 is 0 Å². The van der Waals surface area contributed by atoms with Crippen LogP contribution in [0.1, 0.15) is 10.4 Å². The van der Waals surface area contributed by atoms with E-state index in [2.05, 4.69) is 21.2 Å². The maximum Gasteiger partial charge on any atom is 0.255 e. The van der Waals surface area contributed by atoms with Gasteiger partial charge < -0.3 is 15.8 Å². The van der Waals surface area contributed by atoms with Gasteiger partial charge in [0, 0.05) is 23.4 Å². The minimum atomic E-state index is -0.875. The van der Waals surface area contributed by atoms with Crippen LogP contribution in [-0.4, -0.2) is 13.0 Å². The van der Waals surface area contributed by atoms with Gasteiger partial charge in [-0.1, -0.05) is 0 Å². The molecular weight excluding hydrogens is 346 g/mol. The van der Waals surface area contributed by atoms with Crippen molar-refractivity contribution in [3.8, 4) is 5.75 Å². The summed E-state index contributed by atoms with van der Waals surface area (Å²) in [6.07, 6.45) is 0. The minimum absolute atomic E-state index is 0.0457. The first-order chi connectivity index (χ1) is 9.90. The monoisotopic (exact) mass is 356 g/mol. The Kier molecular flexibility index (Phi) is 4.42. The number of rotatable bonds is 3. The summed E-state index contributed by atoms with van der Waals surface area (Å²) in [5.74, 6) is -1.81. The van der Waals surface area contributed by atoms with E-state index in [1.807, 2.05) is 0 Å². The average molecular weight is 357 g/mol. The fourth-order valence-electron chi connectivity index (χ4n) is 1.68. The summed E-state index contributed by atoms with van der Waals surface area (Å²) in [4.78, 5) is 12.1. The molecular formula is C14H11BrF2N2O2. The van der Waals surface area contributed by atoms with Crippen LogP contribution in [0.4, 0.5) is 20.2 Å². The molecule has 0 fully saturated rings. The van der Waals surface area contributed by atoms with Crippen LogP contribution in [-0.2, 0) is 0 Å². The Morgan fingerprint density at radius 2 is 1.90 bits per heavy atom. The van der Waals surface area contributed by atoms with Crippen LogP contribution < -0.4 is 15.8 Å². The quantitative estimate of drug-likeness (QED) is 0.652. The van der Waals surface area contributed by atoms with E-state index in [4.69, 9.17) is 10.5 Å². The zero-order valence-electron chi connectivity index (χ0n) is 10.9. The molecule has 0 saturated heterocycles. The molecule has 7 heteroatoms. The molecule has 110 valence electrons. The predicted octanol–water partition coefficient (Wildman–Crippen LogP) is 3.57. The number of carbonyl (C=O) groups excluding carboxylic acids is 1. The van der Waals surface area contributed by atoms with E-state index in [1.54, 1.807) is 6.07 Å². The number of hydrogen-bond donors (Lipinski definition) is 2. The molecule has 2 rings (SSSR count). The summed E-state index contributed by atoms with van der Waals surface area (Å²) in [5, 5.41) is 2.35. The third-order valence-corrected chi connectivity index (χ3v) is 3.29. The number of nitrogen functional groups attached to an aromatic ring is 1. The van der Waals surface area contributed by atoms with Gasteiger partial charge in [0.1, 0.15) is 17.4 Å². The number of carbonyl (C=O) groups is 1. The van der Waals surface area contributed by atoms with Crippen molar-refractivity contribution in [1.29, 1.82) is 0 Å². The van der Waals surface area contributed by atoms with Gasteiger partial charge in [0.15, 0.2) is 0 Å². The van der Waals surface area contributed by atoms with Crippen molar-refractivity contribution in [1.82, 2.24) is 0 Å². The largest absolute Gasteiger partial charge is 0.497 e. The molecule has 0 bridgehead atoms. The molecule has 1 amide bonds. The van der Waals surface area contributed by atoms with Gasteiger partial charge in [0.25, 0.3) is 5.91 Å². The highest BCUT2D eigenvalue weighted by molar-refractivity contribution is 9.10. The van der Waals surface area contributed by atoms with E-state index in [0.29, 0.717) is 17.5 Å². The first kappa shape index (κ1) is 15.2. The van der Waals surface area contributed by atoms with Crippen LogP contribution in [0.3, 0.4) is 0 Å². The maximum absolute atomic E-state index is 13.6. The smallest absolute Gasteiger partial charge is 0.255 e. The zero-order chi connectivity index (χ0) is 15.6. The summed E-state index contributed by atoms with van der Waals surface area (Å²) < 4.78 is 31.8. The van der Waals surface area contributed by atoms with E-state index in [1.165, 1.54) is 19.2 Å². The van der Waals surface area contributed by atoms with Gasteiger partial charge in [0.05, 0.1) is 17.3 Å². The van der Waals surface area contributed by atoms with Crippen molar-refractivity contribution in [3.05, 3.63) is 52.0 Å². The third kappa shape index (κ3) is 3.49. The van der Waals surface area contributed by atoms with Gasteiger partial charge in [-0.15, -0.1) is 0 Å². The summed E-state index contributed by atoms with van der Waals surface area (Å²) in [5.41, 5.74) is 6.04. The number of nitrogens with two attached hydrogens (primary N) is 1. The number of benzene rings is 2. The summed E-state index contributed by atoms with van der Waals surface area (Å²) in [6, 6.07) is 6.26. The topological polar surface area (TPSA) is 64.3 Å². The van der Waals surface area contributed by atoms with Crippen molar-refractivity contribution in [2.24, 2.45) is 0 Å². The lowest BCUT2D eigenvalue weighted by atomic mass is 10.1. The number of amides is 1. The van der Waals surface area contributed by atoms with E-state index in [0.717, 1.165) is 6.07 Å². The highest BCUT2D eigenvalue weighted by atomic mass is 79.9. The summed E-state index contributed by atoms with van der Waals surface area (Å²) in [6.45, 7) is 0. The van der Waals surface area contributed by atoms with Gasteiger partial charge in [-0.3, -0.25) is 4.79 Å². The SMILES string of the molecule is COc1cc(N)cc(C(=O)Nc2cc(Br)c(F)cc2F)c1. The minimum Gasteiger partial charge on any atom is -0.497 e. The number of nitrogens with one attached hydrogen (secondary N) is 1. The Balaban J connectivity index is 2.30. The Morgan fingerprint density at radius 1 is 1.19 bits per heavy atom. The summed E-state index contributed by atoms with van der Waals surface area (Å²) >= 11 is 2.93. The standard InChI is InChI=1S/C14H11BrF2N2O2/c1-21-9-3-7(2-8(18)4-9)14(20)19-13-5-10(15)11(16)6-12(13)17/h2-6H,18H2,1H3,(H,19,20). The fraction of sp³-hybridized carbons (Fsp3) is 0.0714. The van der Waals surface area contributed by atoms with Gasteiger partial charge in [0.2, 0.25) is 0 Å². The molecule has 0 aliphatic carbocycles. The second-order valence-corrected chi connectivity index (χ2v) is 5.05. The number of ether oxygens (including phenoxy) is 1. The predicted molar refractivity (Wildman–Crippen MR) is 79.4 cm³/mol. The number of methoxy groups -OCH3 is 1. The second kappa shape index (κ2) is 6.09. The second-order valence-electron chi connectivity index (χ2n) is 4.20. The molecule has 0 atom stereocenters. The molecule has 2 aromatic carbocycles. The molecule has 0 saturated carbocycles. The zero-order valence-corrected chi connectivity index (χ0v) is 12.5. The average Bonchev–Trinajstić information content (AvgIpc) is 2.43. The van der Waals surface area contributed by atoms with Crippen LogP contribution >= 0.6 is 15.9 Å². The first-order valence-corrected chi connectivity index (χ1v) is 6.60. The van der Waals surface area contributed by atoms with Crippen LogP contribution in [0.25, 0.3) is 0 Å². The molecule has 0 aliphatic heterocycles. The Bertz CT molecular complexity index is 708. The van der Waals surface area contributed by atoms with Crippen molar-refractivity contribution >= 4 is 33.2 Å². The lowest BCUT2D eigenvalue weighted by molar-refractivity contribution is 0.102. The molecule has 21 heavy (non-hydrogen) atoms. The van der Waals surface area contributed by atoms with Crippen molar-refractivity contribution in [2.75, 3.05) is 18.2 Å². The van der Waals surface area contributed by atoms with Gasteiger partial charge in [-0.2, -0.15) is 0 Å². The fourth-order valence-corrected chi connectivity index (χ4v) is 2.03. The number of anilines is 2. The Labute approximate surface area is 128 Å². The lowest BCUT2D eigenvalue weighted by Gasteiger charge is -2.09. The van der Waals surface area contributed by atoms with Gasteiger partial charge in [-0.25, -0.2) is 8.78 Å². The van der Waals surface area contributed by atoms with Crippen LogP contribution in [0.5, 0.6) is 5.75 Å². The molecule has 3 N–H and O–H groups in total. The van der Waals surface area contributed by atoms with Crippen molar-refractivity contribution in [3.63, 3.8) is 0 Å². The van der Waals surface area contributed by atoms with Crippen molar-refractivity contribution < 1.29 is 18.3 Å². The lowest BCUT2D eigenvalue weighted by Crippen LogP contribution is -2.13. The summed E-state index contributed by atoms with van der Waals surface area (Å²) in [7, 11) is 1.44. The molecule has 0 radical (unpaired) electrons. The highest BCUT2D eigenvalue weighted by Gasteiger charge is 2.13. The normalized spacial score (nSPS) is 10.3. The Hall–Kier alpha value is -2.15. The Morgan fingerprint density at radius 3 is 2.57 bits per heavy atom. The molecule has 0 aliphatic rings. The molecule has 0 spiro atoms. The van der Waals surface area contributed by atoms with E-state index in [9.17, 15) is 13.6 Å². The molecule has 0 heterocycles. The first-order valence-electron chi connectivity index (χ1n) is 5.81. The van der Waals surface area contributed by atoms with Crippen LogP contribution in [0, 0.1) is 11.6 Å². The molecule has 0 unspecified atom stereocenters. The molecule has 0 aromatic heterocycles. The number of hydrogen-bond acceptors (Lipinski definition) is 3. The van der Waals surface area contributed by atoms with E-state index < -0.39 is 17.5 Å². The highest BCUT2D eigenvalue weighted by Crippen LogP contribution is 2.25. The van der Waals surface area contributed by atoms with Crippen LogP contribution in [0.2, 0.25) is 0 Å².